The summed E-state index contributed by atoms with van der Waals surface area (Å²) in [4.78, 5) is 11.6. The van der Waals surface area contributed by atoms with E-state index in [4.69, 9.17) is 34.8 Å². The van der Waals surface area contributed by atoms with E-state index in [9.17, 15) is 4.79 Å². The van der Waals surface area contributed by atoms with E-state index in [1.807, 2.05) is 6.07 Å². The Bertz CT molecular complexity index is 607. The highest BCUT2D eigenvalue weighted by molar-refractivity contribution is 6.42. The molecule has 0 saturated heterocycles. The third kappa shape index (κ3) is 3.03. The molecule has 17 heavy (non-hydrogen) atoms. The van der Waals surface area contributed by atoms with Crippen LogP contribution in [0.4, 0.5) is 0 Å². The van der Waals surface area contributed by atoms with Gasteiger partial charge in [0.25, 0.3) is 5.56 Å². The molecule has 0 aliphatic carbocycles. The molecule has 2 aromatic rings. The molecule has 0 radical (unpaired) electrons. The predicted molar refractivity (Wildman–Crippen MR) is 71.3 cm³/mol. The zero-order valence-electron chi connectivity index (χ0n) is 8.66. The van der Waals surface area contributed by atoms with Gasteiger partial charge in [-0.3, -0.25) is 4.79 Å². The first-order valence-corrected chi connectivity index (χ1v) is 5.99. The zero-order valence-corrected chi connectivity index (χ0v) is 10.9. The van der Waals surface area contributed by atoms with Gasteiger partial charge in [-0.2, -0.15) is 0 Å². The molecule has 0 spiro atoms. The fraction of sp³-hybridized carbons (Fsp3) is 0.0833. The molecule has 0 bridgehead atoms. The number of hydrogen-bond donors (Lipinski definition) is 0. The normalized spacial score (nSPS) is 10.5. The van der Waals surface area contributed by atoms with Crippen LogP contribution in [0.5, 0.6) is 0 Å². The molecular formula is C12H8Cl3NO. The van der Waals surface area contributed by atoms with Crippen molar-refractivity contribution in [3.63, 3.8) is 0 Å². The Kier molecular flexibility index (Phi) is 3.77. The van der Waals surface area contributed by atoms with Crippen LogP contribution in [0.25, 0.3) is 0 Å². The van der Waals surface area contributed by atoms with Gasteiger partial charge in [-0.15, -0.1) is 0 Å². The standard InChI is InChI=1S/C12H8Cl3NO/c13-9-2-4-12(17)16(7-9)6-8-1-3-10(14)11(15)5-8/h1-5,7H,6H2. The Labute approximate surface area is 113 Å². The second-order valence-electron chi connectivity index (χ2n) is 3.56. The maximum atomic E-state index is 11.6. The van der Waals surface area contributed by atoms with Crippen molar-refractivity contribution in [1.82, 2.24) is 4.57 Å². The second-order valence-corrected chi connectivity index (χ2v) is 4.81. The molecule has 0 N–H and O–H groups in total. The summed E-state index contributed by atoms with van der Waals surface area (Å²) in [6.45, 7) is 0.413. The molecule has 0 aliphatic heterocycles. The van der Waals surface area contributed by atoms with E-state index in [2.05, 4.69) is 0 Å². The summed E-state index contributed by atoms with van der Waals surface area (Å²) in [7, 11) is 0. The summed E-state index contributed by atoms with van der Waals surface area (Å²) in [6, 6.07) is 8.25. The third-order valence-corrected chi connectivity index (χ3v) is 3.25. The average molecular weight is 289 g/mol. The molecular weight excluding hydrogens is 280 g/mol. The molecule has 1 heterocycles. The van der Waals surface area contributed by atoms with Crippen molar-refractivity contribution in [2.45, 2.75) is 6.54 Å². The van der Waals surface area contributed by atoms with Crippen LogP contribution >= 0.6 is 34.8 Å². The summed E-state index contributed by atoms with van der Waals surface area (Å²) < 4.78 is 1.52. The van der Waals surface area contributed by atoms with Crippen LogP contribution in [0, 0.1) is 0 Å². The Hall–Kier alpha value is -0.960. The maximum Gasteiger partial charge on any atom is 0.250 e. The fourth-order valence-electron chi connectivity index (χ4n) is 1.46. The molecule has 0 aliphatic rings. The molecule has 0 unspecified atom stereocenters. The van der Waals surface area contributed by atoms with Gasteiger partial charge in [-0.1, -0.05) is 40.9 Å². The molecule has 0 fully saturated rings. The quantitative estimate of drug-likeness (QED) is 0.822. The van der Waals surface area contributed by atoms with Crippen molar-refractivity contribution in [1.29, 1.82) is 0 Å². The molecule has 1 aromatic heterocycles. The Balaban J connectivity index is 2.34. The van der Waals surface area contributed by atoms with Crippen molar-refractivity contribution >= 4 is 34.8 Å². The number of benzene rings is 1. The minimum Gasteiger partial charge on any atom is -0.310 e. The molecule has 0 amide bonds. The van der Waals surface area contributed by atoms with E-state index < -0.39 is 0 Å². The first-order chi connectivity index (χ1) is 8.06. The zero-order chi connectivity index (χ0) is 12.4. The molecule has 2 rings (SSSR count). The summed E-state index contributed by atoms with van der Waals surface area (Å²) in [5, 5.41) is 1.48. The number of aromatic nitrogens is 1. The van der Waals surface area contributed by atoms with E-state index in [0.29, 0.717) is 21.6 Å². The van der Waals surface area contributed by atoms with Gasteiger partial charge < -0.3 is 4.57 Å². The monoisotopic (exact) mass is 287 g/mol. The van der Waals surface area contributed by atoms with E-state index in [-0.39, 0.29) is 5.56 Å². The number of rotatable bonds is 2. The number of nitrogens with zero attached hydrogens (tertiary/aromatic N) is 1. The van der Waals surface area contributed by atoms with Gasteiger partial charge in [0.05, 0.1) is 21.6 Å². The number of halogens is 3. The molecule has 1 aromatic carbocycles. The SMILES string of the molecule is O=c1ccc(Cl)cn1Cc1ccc(Cl)c(Cl)c1. The summed E-state index contributed by atoms with van der Waals surface area (Å²) in [5.74, 6) is 0. The van der Waals surface area contributed by atoms with Gasteiger partial charge in [0.1, 0.15) is 0 Å². The highest BCUT2D eigenvalue weighted by Gasteiger charge is 2.02. The van der Waals surface area contributed by atoms with Crippen LogP contribution < -0.4 is 5.56 Å². The molecule has 0 saturated carbocycles. The van der Waals surface area contributed by atoms with Crippen molar-refractivity contribution in [3.8, 4) is 0 Å². The van der Waals surface area contributed by atoms with E-state index in [0.717, 1.165) is 5.56 Å². The fourth-order valence-corrected chi connectivity index (χ4v) is 1.96. The van der Waals surface area contributed by atoms with Crippen LogP contribution in [0.15, 0.2) is 41.3 Å². The van der Waals surface area contributed by atoms with Crippen molar-refractivity contribution < 1.29 is 0 Å². The Morgan fingerprint density at radius 3 is 2.47 bits per heavy atom. The Morgan fingerprint density at radius 2 is 1.76 bits per heavy atom. The smallest absolute Gasteiger partial charge is 0.250 e. The lowest BCUT2D eigenvalue weighted by atomic mass is 10.2. The number of pyridine rings is 1. The molecule has 88 valence electrons. The second kappa shape index (κ2) is 5.13. The van der Waals surface area contributed by atoms with Gasteiger partial charge >= 0.3 is 0 Å². The van der Waals surface area contributed by atoms with Crippen LogP contribution in [-0.4, -0.2) is 4.57 Å². The number of hydrogen-bond acceptors (Lipinski definition) is 1. The van der Waals surface area contributed by atoms with Crippen LogP contribution in [0.3, 0.4) is 0 Å². The maximum absolute atomic E-state index is 11.6. The molecule has 0 atom stereocenters. The van der Waals surface area contributed by atoms with Gasteiger partial charge in [-0.25, -0.2) is 0 Å². The Morgan fingerprint density at radius 1 is 1.00 bits per heavy atom. The summed E-state index contributed by atoms with van der Waals surface area (Å²) >= 11 is 17.6. The average Bonchev–Trinajstić information content (AvgIpc) is 2.29. The lowest BCUT2D eigenvalue weighted by Gasteiger charge is -2.07. The largest absolute Gasteiger partial charge is 0.310 e. The topological polar surface area (TPSA) is 22.0 Å². The van der Waals surface area contributed by atoms with E-state index in [1.165, 1.54) is 10.6 Å². The van der Waals surface area contributed by atoms with Crippen LogP contribution in [0.2, 0.25) is 15.1 Å². The minimum absolute atomic E-state index is 0.111. The van der Waals surface area contributed by atoms with Gasteiger partial charge in [-0.05, 0) is 23.8 Å². The van der Waals surface area contributed by atoms with Crippen molar-refractivity contribution in [3.05, 3.63) is 67.5 Å². The van der Waals surface area contributed by atoms with Crippen molar-refractivity contribution in [2.75, 3.05) is 0 Å². The highest BCUT2D eigenvalue weighted by atomic mass is 35.5. The highest BCUT2D eigenvalue weighted by Crippen LogP contribution is 2.22. The molecule has 2 nitrogen and oxygen atoms in total. The van der Waals surface area contributed by atoms with Crippen LogP contribution in [-0.2, 0) is 6.54 Å². The predicted octanol–water partition coefficient (Wildman–Crippen LogP) is 3.86. The van der Waals surface area contributed by atoms with Crippen LogP contribution in [0.1, 0.15) is 5.56 Å². The van der Waals surface area contributed by atoms with E-state index >= 15 is 0 Å². The van der Waals surface area contributed by atoms with Crippen molar-refractivity contribution in [2.24, 2.45) is 0 Å². The third-order valence-electron chi connectivity index (χ3n) is 2.28. The van der Waals surface area contributed by atoms with Gasteiger partial charge in [0.15, 0.2) is 0 Å². The summed E-state index contributed by atoms with van der Waals surface area (Å²) in [5.41, 5.74) is 0.782. The van der Waals surface area contributed by atoms with Gasteiger partial charge in [0, 0.05) is 12.3 Å². The van der Waals surface area contributed by atoms with Gasteiger partial charge in [0.2, 0.25) is 0 Å². The lowest BCUT2D eigenvalue weighted by molar-refractivity contribution is 0.760. The first kappa shape index (κ1) is 12.5. The van der Waals surface area contributed by atoms with E-state index in [1.54, 1.807) is 24.4 Å². The summed E-state index contributed by atoms with van der Waals surface area (Å²) in [6.07, 6.45) is 1.59. The first-order valence-electron chi connectivity index (χ1n) is 4.86. The molecule has 5 heteroatoms. The minimum atomic E-state index is -0.111. The lowest BCUT2D eigenvalue weighted by Crippen LogP contribution is -2.18.